The van der Waals surface area contributed by atoms with Gasteiger partial charge in [0.2, 0.25) is 11.9 Å². The summed E-state index contributed by atoms with van der Waals surface area (Å²) in [6.45, 7) is 21.2. The average Bonchev–Trinajstić information content (AvgIpc) is 3.45. The first kappa shape index (κ1) is 39.1. The molecular weight excluding hydrogens is 634 g/mol. The molecule has 0 aliphatic carbocycles. The van der Waals surface area contributed by atoms with E-state index in [4.69, 9.17) is 23.9 Å². The largest absolute Gasteiger partial charge is 0.382 e. The first-order chi connectivity index (χ1) is 23.7. The van der Waals surface area contributed by atoms with Gasteiger partial charge in [-0.2, -0.15) is 15.2 Å². The zero-order chi connectivity index (χ0) is 35.6. The van der Waals surface area contributed by atoms with E-state index < -0.39 is 0 Å². The van der Waals surface area contributed by atoms with Crippen molar-refractivity contribution in [1.82, 2.24) is 25.1 Å². The molecule has 1 fully saturated rings. The van der Waals surface area contributed by atoms with Crippen molar-refractivity contribution in [2.24, 2.45) is 10.2 Å². The number of Topliss-reactive ketones (excluding diaryl/α,β-unsaturated/α-hetero) is 1. The maximum absolute atomic E-state index is 12.8. The summed E-state index contributed by atoms with van der Waals surface area (Å²) in [6.07, 6.45) is 3.60. The van der Waals surface area contributed by atoms with Crippen LogP contribution in [0.2, 0.25) is 0 Å². The number of rotatable bonds is 23. The number of piperazine rings is 1. The lowest BCUT2D eigenvalue weighted by molar-refractivity contribution is -0.132. The van der Waals surface area contributed by atoms with Crippen molar-refractivity contribution in [2.75, 3.05) is 102 Å². The van der Waals surface area contributed by atoms with Crippen LogP contribution in [0.15, 0.2) is 46.8 Å². The fourth-order valence-corrected chi connectivity index (χ4v) is 5.13. The van der Waals surface area contributed by atoms with Gasteiger partial charge in [0.05, 0.1) is 83.8 Å². The number of fused-ring (bicyclic) bond motifs is 1. The number of carbonyl (C=O) groups is 3. The molecule has 2 aliphatic rings. The number of amides is 3. The van der Waals surface area contributed by atoms with Crippen LogP contribution < -0.4 is 20.4 Å². The maximum atomic E-state index is 12.8. The van der Waals surface area contributed by atoms with E-state index in [1.807, 2.05) is 16.4 Å². The average molecular weight is 686 g/mol. The summed E-state index contributed by atoms with van der Waals surface area (Å²) in [7, 11) is 1.69. The van der Waals surface area contributed by atoms with E-state index in [1.54, 1.807) is 19.2 Å². The van der Waals surface area contributed by atoms with E-state index in [2.05, 4.69) is 45.6 Å². The third kappa shape index (κ3) is 12.2. The number of carbonyl (C=O) groups excluding carboxylic acids is 3. The number of imidazole rings is 1. The molecule has 1 aromatic heterocycles. The van der Waals surface area contributed by atoms with Crippen molar-refractivity contribution in [3.05, 3.63) is 42.3 Å². The van der Waals surface area contributed by atoms with E-state index in [0.717, 1.165) is 17.4 Å². The molecule has 0 saturated carbocycles. The molecule has 270 valence electrons. The monoisotopic (exact) mass is 685 g/mol. The van der Waals surface area contributed by atoms with Crippen LogP contribution in [0.5, 0.6) is 0 Å². The normalized spacial score (nSPS) is 15.2. The van der Waals surface area contributed by atoms with Gasteiger partial charge in [0.25, 0.3) is 0 Å². The summed E-state index contributed by atoms with van der Waals surface area (Å²) in [5, 5.41) is 13.7. The van der Waals surface area contributed by atoms with Gasteiger partial charge in [-0.1, -0.05) is 19.2 Å². The topological polar surface area (TPSA) is 164 Å². The Hall–Kier alpha value is -4.38. The predicted octanol–water partition coefficient (Wildman–Crippen LogP) is 1.53. The molecule has 16 nitrogen and oxygen atoms in total. The van der Waals surface area contributed by atoms with Gasteiger partial charge in [-0.15, -0.1) is 0 Å². The second kappa shape index (κ2) is 20.9. The Kier molecular flexibility index (Phi) is 16.6. The van der Waals surface area contributed by atoms with Crippen LogP contribution in [-0.4, -0.2) is 137 Å². The van der Waals surface area contributed by atoms with Gasteiger partial charge >= 0.3 is 6.03 Å². The molecule has 3 heterocycles. The molecule has 0 unspecified atom stereocenters. The molecule has 2 aliphatic heterocycles. The lowest BCUT2D eigenvalue weighted by Gasteiger charge is -2.35. The molecule has 0 bridgehead atoms. The Labute approximate surface area is 288 Å². The van der Waals surface area contributed by atoms with Crippen LogP contribution in [0.3, 0.4) is 0 Å². The summed E-state index contributed by atoms with van der Waals surface area (Å²) in [5.41, 5.74) is 2.69. The zero-order valence-electron chi connectivity index (χ0n) is 29.1. The first-order valence-corrected chi connectivity index (χ1v) is 16.4. The lowest BCUT2D eigenvalue weighted by atomic mass is 10.1. The van der Waals surface area contributed by atoms with Crippen LogP contribution in [0, 0.1) is 0 Å². The number of hydrogen-bond donors (Lipinski definition) is 2. The van der Waals surface area contributed by atoms with Crippen LogP contribution in [-0.2, 0) is 41.6 Å². The maximum Gasteiger partial charge on any atom is 0.323 e. The van der Waals surface area contributed by atoms with Gasteiger partial charge in [-0.05, 0) is 19.9 Å². The molecule has 1 saturated heterocycles. The zero-order valence-corrected chi connectivity index (χ0v) is 29.1. The van der Waals surface area contributed by atoms with Crippen molar-refractivity contribution in [3.8, 4) is 0 Å². The van der Waals surface area contributed by atoms with E-state index in [1.165, 1.54) is 11.8 Å². The number of aromatic nitrogens is 2. The van der Waals surface area contributed by atoms with Crippen molar-refractivity contribution in [1.29, 1.82) is 0 Å². The molecular formula is C33H51N9O7. The number of nitrogens with zero attached hydrogens (tertiary/aromatic N) is 7. The predicted molar refractivity (Wildman–Crippen MR) is 188 cm³/mol. The Morgan fingerprint density at radius 1 is 0.980 bits per heavy atom. The molecule has 3 rings (SSSR count). The second-order valence-corrected chi connectivity index (χ2v) is 11.3. The molecule has 0 radical (unpaired) electrons. The van der Waals surface area contributed by atoms with Crippen molar-refractivity contribution >= 4 is 41.9 Å². The minimum atomic E-state index is -0.203. The van der Waals surface area contributed by atoms with Gasteiger partial charge < -0.3 is 43.9 Å². The molecule has 2 N–H and O–H groups in total. The van der Waals surface area contributed by atoms with Crippen LogP contribution in [0.4, 0.5) is 16.6 Å². The Bertz CT molecular complexity index is 1370. The molecule has 0 aromatic carbocycles. The third-order valence-electron chi connectivity index (χ3n) is 7.78. The lowest BCUT2D eigenvalue weighted by Crippen LogP contribution is -2.49. The molecule has 0 atom stereocenters. The number of urea groups is 1. The highest BCUT2D eigenvalue weighted by atomic mass is 16.6. The van der Waals surface area contributed by atoms with Crippen molar-refractivity contribution in [2.45, 2.75) is 33.4 Å². The van der Waals surface area contributed by atoms with E-state index in [0.29, 0.717) is 122 Å². The van der Waals surface area contributed by atoms with Gasteiger partial charge in [0.1, 0.15) is 0 Å². The van der Waals surface area contributed by atoms with Gasteiger partial charge in [0, 0.05) is 57.8 Å². The van der Waals surface area contributed by atoms with Crippen LogP contribution >= 0.6 is 0 Å². The minimum absolute atomic E-state index is 0.0411. The fraction of sp³-hybridized carbons (Fsp3) is 0.576. The SMILES string of the molecule is C=C/C=C(/NCCOCCOCCOCCOCCC(=O)N1CCN(c2nc3c(n2C/C(C)=N/N=C)CNC(=O)N3C)CC1)C(=C)C(C)=O. The van der Waals surface area contributed by atoms with Crippen molar-refractivity contribution < 1.29 is 33.3 Å². The smallest absolute Gasteiger partial charge is 0.323 e. The van der Waals surface area contributed by atoms with E-state index in [9.17, 15) is 14.4 Å². The fourth-order valence-electron chi connectivity index (χ4n) is 5.13. The van der Waals surface area contributed by atoms with Gasteiger partial charge in [-0.3, -0.25) is 14.5 Å². The Balaban J connectivity index is 1.24. The summed E-state index contributed by atoms with van der Waals surface area (Å²) in [4.78, 5) is 46.8. The molecule has 49 heavy (non-hydrogen) atoms. The number of anilines is 2. The highest BCUT2D eigenvalue weighted by Gasteiger charge is 2.31. The summed E-state index contributed by atoms with van der Waals surface area (Å²) >= 11 is 0. The van der Waals surface area contributed by atoms with Crippen molar-refractivity contribution in [3.63, 3.8) is 0 Å². The number of hydrogen-bond acceptors (Lipinski definition) is 12. The minimum Gasteiger partial charge on any atom is -0.382 e. The molecule has 3 amide bonds. The summed E-state index contributed by atoms with van der Waals surface area (Å²) in [5.74, 6) is 1.28. The first-order valence-electron chi connectivity index (χ1n) is 16.4. The third-order valence-corrected chi connectivity index (χ3v) is 7.78. The van der Waals surface area contributed by atoms with Gasteiger partial charge in [0.15, 0.2) is 11.6 Å². The van der Waals surface area contributed by atoms with Gasteiger partial charge in [-0.25, -0.2) is 4.79 Å². The quantitative estimate of drug-likeness (QED) is 0.0568. The van der Waals surface area contributed by atoms with E-state index >= 15 is 0 Å². The molecule has 1 aromatic rings. The Morgan fingerprint density at radius 3 is 2.18 bits per heavy atom. The highest BCUT2D eigenvalue weighted by Crippen LogP contribution is 2.29. The number of allylic oxidation sites excluding steroid dienone is 3. The highest BCUT2D eigenvalue weighted by molar-refractivity contribution is 5.97. The molecule has 0 spiro atoms. The number of nitrogens with one attached hydrogen (secondary N) is 2. The molecule has 16 heteroatoms. The van der Waals surface area contributed by atoms with E-state index in [-0.39, 0.29) is 17.7 Å². The standard InChI is InChI=1S/C33H51N9O7/c1-7-8-28(26(3)27(4)43)35-10-16-47-18-20-49-22-21-48-19-17-46-15-9-30(44)40-11-13-41(14-12-40)32-37-31-29(23-36-33(45)39(31)6)42(32)24-25(2)38-34-5/h7-8,35H,1,3,5,9-24H2,2,4,6H3,(H,36,45)/b28-8+,38-25+. The van der Waals surface area contributed by atoms with Crippen LogP contribution in [0.1, 0.15) is 26.0 Å². The number of ether oxygens (including phenoxy) is 4. The second-order valence-electron chi connectivity index (χ2n) is 11.3. The summed E-state index contributed by atoms with van der Waals surface area (Å²) < 4.78 is 24.2. The Morgan fingerprint density at radius 2 is 1.59 bits per heavy atom. The number of ketones is 1. The van der Waals surface area contributed by atoms with Crippen LogP contribution in [0.25, 0.3) is 0 Å². The summed E-state index contributed by atoms with van der Waals surface area (Å²) in [6, 6.07) is -0.203.